The summed E-state index contributed by atoms with van der Waals surface area (Å²) < 4.78 is 9.99. The standard InChI is InChI=1S/C30H30N8O2/c1-5-25(39)36(3)21-13-22(14-21)38-16-20(15-34-38)28-26(27-29(31)32-17-33-30(27)37(28)4)19-9-11-23(12-10-19)40-24-8-6-7-18(2)35-24/h5-12,15-17,21-22H,1,13-14H2,2-4H3,(H2,31,32,33). The lowest BCUT2D eigenvalue weighted by atomic mass is 9.85. The molecule has 0 unspecified atom stereocenters. The minimum atomic E-state index is -0.0602. The first-order valence-electron chi connectivity index (χ1n) is 13.1. The monoisotopic (exact) mass is 534 g/mol. The largest absolute Gasteiger partial charge is 0.439 e. The normalized spacial score (nSPS) is 16.5. The Kier molecular flexibility index (Phi) is 6.30. The number of fused-ring (bicyclic) bond motifs is 1. The number of rotatable bonds is 7. The highest BCUT2D eigenvalue weighted by Gasteiger charge is 2.35. The van der Waals surface area contributed by atoms with Crippen molar-refractivity contribution in [3.05, 3.63) is 79.5 Å². The van der Waals surface area contributed by atoms with Crippen LogP contribution >= 0.6 is 0 Å². The molecule has 6 rings (SSSR count). The molecule has 2 N–H and O–H groups in total. The Hall–Kier alpha value is -4.99. The van der Waals surface area contributed by atoms with Crippen molar-refractivity contribution < 1.29 is 9.53 Å². The molecule has 1 amide bonds. The number of hydrogen-bond acceptors (Lipinski definition) is 7. The summed E-state index contributed by atoms with van der Waals surface area (Å²) in [5.74, 6) is 1.58. The number of carbonyl (C=O) groups excluding carboxylic acids is 1. The fourth-order valence-corrected chi connectivity index (χ4v) is 5.36. The van der Waals surface area contributed by atoms with Gasteiger partial charge in [-0.3, -0.25) is 9.48 Å². The zero-order valence-corrected chi connectivity index (χ0v) is 22.7. The van der Waals surface area contributed by atoms with Crippen LogP contribution in [0.5, 0.6) is 11.6 Å². The van der Waals surface area contributed by atoms with E-state index in [1.54, 1.807) is 4.90 Å². The van der Waals surface area contributed by atoms with E-state index in [-0.39, 0.29) is 18.0 Å². The lowest BCUT2D eigenvalue weighted by molar-refractivity contribution is -0.129. The molecule has 0 saturated heterocycles. The SMILES string of the molecule is C=CC(=O)N(C)C1CC(n2cc(-c3c(-c4ccc(Oc5cccc(C)n5)cc4)c4c(N)ncnc4n3C)cn2)C1. The number of likely N-dealkylation sites (N-methyl/N-ethyl adjacent to an activating group) is 1. The summed E-state index contributed by atoms with van der Waals surface area (Å²) in [6.07, 6.45) is 8.44. The van der Waals surface area contributed by atoms with Crippen LogP contribution < -0.4 is 10.5 Å². The fraction of sp³-hybridized carbons (Fsp3) is 0.233. The van der Waals surface area contributed by atoms with Crippen LogP contribution in [0.4, 0.5) is 5.82 Å². The summed E-state index contributed by atoms with van der Waals surface area (Å²) >= 11 is 0. The quantitative estimate of drug-likeness (QED) is 0.294. The summed E-state index contributed by atoms with van der Waals surface area (Å²) in [6.45, 7) is 5.52. The molecule has 4 aromatic heterocycles. The van der Waals surface area contributed by atoms with Crippen LogP contribution in [0.15, 0.2) is 73.8 Å². The van der Waals surface area contributed by atoms with Crippen molar-refractivity contribution >= 4 is 22.8 Å². The first-order chi connectivity index (χ1) is 19.3. The summed E-state index contributed by atoms with van der Waals surface area (Å²) in [7, 11) is 3.79. The van der Waals surface area contributed by atoms with Gasteiger partial charge in [0.15, 0.2) is 0 Å². The number of amides is 1. The van der Waals surface area contributed by atoms with Crippen LogP contribution in [0.3, 0.4) is 0 Å². The number of anilines is 1. The average molecular weight is 535 g/mol. The first kappa shape index (κ1) is 25.3. The number of aryl methyl sites for hydroxylation is 2. The molecule has 0 bridgehead atoms. The van der Waals surface area contributed by atoms with E-state index in [1.165, 1.54) is 12.4 Å². The van der Waals surface area contributed by atoms with E-state index in [4.69, 9.17) is 15.6 Å². The number of carbonyl (C=O) groups is 1. The predicted molar refractivity (Wildman–Crippen MR) is 154 cm³/mol. The first-order valence-corrected chi connectivity index (χ1v) is 13.1. The van der Waals surface area contributed by atoms with E-state index in [1.807, 2.05) is 78.9 Å². The summed E-state index contributed by atoms with van der Waals surface area (Å²) in [5, 5.41) is 5.48. The molecular weight excluding hydrogens is 504 g/mol. The minimum absolute atomic E-state index is 0.0602. The van der Waals surface area contributed by atoms with Crippen LogP contribution in [0.2, 0.25) is 0 Å². The van der Waals surface area contributed by atoms with Crippen LogP contribution in [-0.2, 0) is 11.8 Å². The second-order valence-corrected chi connectivity index (χ2v) is 10.1. The van der Waals surface area contributed by atoms with Crippen molar-refractivity contribution in [2.45, 2.75) is 31.8 Å². The topological polar surface area (TPSA) is 117 Å². The minimum Gasteiger partial charge on any atom is -0.439 e. The molecular formula is C30H30N8O2. The molecule has 0 aliphatic heterocycles. The molecule has 10 heteroatoms. The van der Waals surface area contributed by atoms with Crippen molar-refractivity contribution in [2.24, 2.45) is 7.05 Å². The Morgan fingerprint density at radius 3 is 2.65 bits per heavy atom. The molecule has 0 spiro atoms. The van der Waals surface area contributed by atoms with Crippen molar-refractivity contribution in [1.29, 1.82) is 0 Å². The number of nitrogen functional groups attached to an aromatic ring is 1. The summed E-state index contributed by atoms with van der Waals surface area (Å²) in [6, 6.07) is 13.9. The van der Waals surface area contributed by atoms with Gasteiger partial charge in [0.2, 0.25) is 11.8 Å². The Bertz CT molecular complexity index is 1730. The maximum atomic E-state index is 12.0. The van der Waals surface area contributed by atoms with Gasteiger partial charge in [0, 0.05) is 49.2 Å². The Morgan fingerprint density at radius 2 is 1.93 bits per heavy atom. The van der Waals surface area contributed by atoms with E-state index in [9.17, 15) is 4.79 Å². The molecule has 4 heterocycles. The maximum absolute atomic E-state index is 12.0. The second kappa shape index (κ2) is 9.96. The molecule has 1 fully saturated rings. The molecule has 5 aromatic rings. The lowest BCUT2D eigenvalue weighted by Crippen LogP contribution is -2.45. The van der Waals surface area contributed by atoms with Gasteiger partial charge < -0.3 is 19.9 Å². The van der Waals surface area contributed by atoms with Crippen LogP contribution in [0.25, 0.3) is 33.4 Å². The molecule has 1 aliphatic carbocycles. The zero-order valence-electron chi connectivity index (χ0n) is 22.7. The zero-order chi connectivity index (χ0) is 28.0. The number of nitrogens with zero attached hydrogens (tertiary/aromatic N) is 7. The second-order valence-electron chi connectivity index (χ2n) is 10.1. The predicted octanol–water partition coefficient (Wildman–Crippen LogP) is 4.92. The summed E-state index contributed by atoms with van der Waals surface area (Å²) in [4.78, 5) is 27.0. The molecule has 1 aliphatic rings. The van der Waals surface area contributed by atoms with E-state index >= 15 is 0 Å². The molecule has 202 valence electrons. The molecule has 1 saturated carbocycles. The lowest BCUT2D eigenvalue weighted by Gasteiger charge is -2.40. The highest BCUT2D eigenvalue weighted by molar-refractivity contribution is 6.07. The van der Waals surface area contributed by atoms with E-state index in [2.05, 4.69) is 27.7 Å². The number of benzene rings is 1. The molecule has 10 nitrogen and oxygen atoms in total. The highest BCUT2D eigenvalue weighted by atomic mass is 16.5. The Labute approximate surface area is 231 Å². The van der Waals surface area contributed by atoms with Gasteiger partial charge in [0.1, 0.15) is 23.5 Å². The van der Waals surface area contributed by atoms with Gasteiger partial charge in [-0.15, -0.1) is 0 Å². The number of ether oxygens (including phenoxy) is 1. The van der Waals surface area contributed by atoms with Gasteiger partial charge in [-0.2, -0.15) is 5.10 Å². The fourth-order valence-electron chi connectivity index (χ4n) is 5.36. The number of hydrogen-bond donors (Lipinski definition) is 1. The van der Waals surface area contributed by atoms with Gasteiger partial charge in [-0.25, -0.2) is 15.0 Å². The van der Waals surface area contributed by atoms with Gasteiger partial charge in [-0.1, -0.05) is 24.8 Å². The van der Waals surface area contributed by atoms with E-state index in [0.29, 0.717) is 17.4 Å². The van der Waals surface area contributed by atoms with Crippen molar-refractivity contribution in [2.75, 3.05) is 12.8 Å². The van der Waals surface area contributed by atoms with Crippen LogP contribution in [0, 0.1) is 6.92 Å². The molecule has 40 heavy (non-hydrogen) atoms. The van der Waals surface area contributed by atoms with E-state index < -0.39 is 0 Å². The van der Waals surface area contributed by atoms with Crippen LogP contribution in [-0.4, -0.2) is 53.2 Å². The van der Waals surface area contributed by atoms with Crippen molar-refractivity contribution in [3.63, 3.8) is 0 Å². The smallest absolute Gasteiger partial charge is 0.245 e. The van der Waals surface area contributed by atoms with Crippen LogP contribution in [0.1, 0.15) is 24.6 Å². The third kappa shape index (κ3) is 4.37. The van der Waals surface area contributed by atoms with Gasteiger partial charge >= 0.3 is 0 Å². The molecule has 1 aromatic carbocycles. The average Bonchev–Trinajstić information content (AvgIpc) is 3.51. The van der Waals surface area contributed by atoms with Gasteiger partial charge in [0.25, 0.3) is 0 Å². The number of pyridine rings is 1. The highest BCUT2D eigenvalue weighted by Crippen LogP contribution is 2.43. The Morgan fingerprint density at radius 1 is 1.15 bits per heavy atom. The maximum Gasteiger partial charge on any atom is 0.245 e. The molecule has 0 atom stereocenters. The van der Waals surface area contributed by atoms with Gasteiger partial charge in [-0.05, 0) is 49.6 Å². The van der Waals surface area contributed by atoms with Crippen molar-refractivity contribution in [3.8, 4) is 34.0 Å². The Balaban J connectivity index is 1.35. The third-order valence-corrected chi connectivity index (χ3v) is 7.63. The van der Waals surface area contributed by atoms with Crippen molar-refractivity contribution in [1.82, 2.24) is 34.2 Å². The number of nitrogens with two attached hydrogens (primary N) is 1. The van der Waals surface area contributed by atoms with E-state index in [0.717, 1.165) is 52.0 Å². The third-order valence-electron chi connectivity index (χ3n) is 7.63. The van der Waals surface area contributed by atoms with Gasteiger partial charge in [0.05, 0.1) is 23.3 Å². The number of aromatic nitrogens is 6. The summed E-state index contributed by atoms with van der Waals surface area (Å²) in [5.41, 5.74) is 11.8. The molecule has 0 radical (unpaired) electrons.